The predicted octanol–water partition coefficient (Wildman–Crippen LogP) is 4.67. The highest BCUT2D eigenvalue weighted by Crippen LogP contribution is 2.55. The zero-order valence-corrected chi connectivity index (χ0v) is 16.6. The lowest BCUT2D eigenvalue weighted by Crippen LogP contribution is -2.48. The molecule has 0 saturated heterocycles. The molecular weight excluding hydrogens is 396 g/mol. The molecule has 1 aromatic heterocycles. The molecule has 0 fully saturated rings. The maximum absolute atomic E-state index is 13.0. The van der Waals surface area contributed by atoms with E-state index < -0.39 is 11.4 Å². The molecule has 0 aliphatic carbocycles. The van der Waals surface area contributed by atoms with Crippen molar-refractivity contribution >= 4 is 11.0 Å². The summed E-state index contributed by atoms with van der Waals surface area (Å²) in [6, 6.07) is 19.7. The van der Waals surface area contributed by atoms with Gasteiger partial charge in [0.1, 0.15) is 28.6 Å². The Morgan fingerprint density at radius 1 is 1.03 bits per heavy atom. The maximum atomic E-state index is 13.0. The minimum atomic E-state index is -1.17. The molecular formula is C25H18O6. The van der Waals surface area contributed by atoms with E-state index in [-0.39, 0.29) is 11.7 Å². The third-order valence-electron chi connectivity index (χ3n) is 6.06. The van der Waals surface area contributed by atoms with E-state index in [2.05, 4.69) is 0 Å². The van der Waals surface area contributed by atoms with Crippen molar-refractivity contribution in [3.8, 4) is 23.0 Å². The molecule has 2 bridgehead atoms. The van der Waals surface area contributed by atoms with Crippen LogP contribution in [0.2, 0.25) is 0 Å². The molecule has 3 heterocycles. The Morgan fingerprint density at radius 2 is 1.84 bits per heavy atom. The van der Waals surface area contributed by atoms with Crippen LogP contribution in [0.5, 0.6) is 23.0 Å². The number of hydrogen-bond acceptors (Lipinski definition) is 6. The fraction of sp³-hybridized carbons (Fsp3) is 0.160. The Morgan fingerprint density at radius 3 is 2.65 bits per heavy atom. The van der Waals surface area contributed by atoms with Crippen LogP contribution in [0, 0.1) is 0 Å². The number of para-hydroxylation sites is 1. The number of rotatable bonds is 2. The Balaban J connectivity index is 1.66. The van der Waals surface area contributed by atoms with E-state index in [4.69, 9.17) is 18.6 Å². The summed E-state index contributed by atoms with van der Waals surface area (Å²) in [6.45, 7) is 0. The van der Waals surface area contributed by atoms with Gasteiger partial charge in [-0.25, -0.2) is 4.79 Å². The van der Waals surface area contributed by atoms with E-state index in [1.165, 1.54) is 0 Å². The number of fused-ring (bicyclic) bond motifs is 8. The standard InChI is InChI=1S/C25H18O6/c1-28-16-9-6-14(7-10-16)25-13-19(17-11-8-15(26)12-21(17)30-25)22-23(31-25)18-4-2-3-5-20(18)29-24(22)27/h2-12,19,26H,13H2,1H3. The summed E-state index contributed by atoms with van der Waals surface area (Å²) in [5.74, 6) is 0.266. The highest BCUT2D eigenvalue weighted by Gasteiger charge is 2.51. The van der Waals surface area contributed by atoms with E-state index in [9.17, 15) is 9.90 Å². The van der Waals surface area contributed by atoms with E-state index in [1.54, 1.807) is 31.4 Å². The maximum Gasteiger partial charge on any atom is 0.343 e. The number of methoxy groups -OCH3 is 1. The Bertz CT molecular complexity index is 1390. The average Bonchev–Trinajstić information content (AvgIpc) is 2.78. The molecule has 6 nitrogen and oxygen atoms in total. The van der Waals surface area contributed by atoms with Gasteiger partial charge in [-0.1, -0.05) is 18.2 Å². The van der Waals surface area contributed by atoms with Gasteiger partial charge < -0.3 is 23.7 Å². The summed E-state index contributed by atoms with van der Waals surface area (Å²) >= 11 is 0. The molecule has 2 atom stereocenters. The predicted molar refractivity (Wildman–Crippen MR) is 113 cm³/mol. The van der Waals surface area contributed by atoms with E-state index in [1.807, 2.05) is 42.5 Å². The van der Waals surface area contributed by atoms with Gasteiger partial charge >= 0.3 is 5.63 Å². The normalized spacial score (nSPS) is 20.9. The molecule has 31 heavy (non-hydrogen) atoms. The second kappa shape index (κ2) is 6.28. The molecule has 6 rings (SSSR count). The fourth-order valence-electron chi connectivity index (χ4n) is 4.61. The van der Waals surface area contributed by atoms with Crippen LogP contribution < -0.4 is 19.8 Å². The van der Waals surface area contributed by atoms with Crippen LogP contribution in [-0.4, -0.2) is 12.2 Å². The number of hydrogen-bond donors (Lipinski definition) is 1. The molecule has 1 N–H and O–H groups in total. The van der Waals surface area contributed by atoms with Crippen LogP contribution in [0.15, 0.2) is 75.9 Å². The van der Waals surface area contributed by atoms with Gasteiger partial charge in [-0.3, -0.25) is 0 Å². The van der Waals surface area contributed by atoms with Crippen molar-refractivity contribution in [2.45, 2.75) is 18.1 Å². The molecule has 0 amide bonds. The Hall–Kier alpha value is -3.93. The quantitative estimate of drug-likeness (QED) is 0.481. The summed E-state index contributed by atoms with van der Waals surface area (Å²) in [6.07, 6.45) is 0.396. The first-order chi connectivity index (χ1) is 15.1. The van der Waals surface area contributed by atoms with Gasteiger partial charge in [0, 0.05) is 29.5 Å². The smallest absolute Gasteiger partial charge is 0.343 e. The minimum Gasteiger partial charge on any atom is -0.508 e. The van der Waals surface area contributed by atoms with E-state index in [0.29, 0.717) is 40.2 Å². The summed E-state index contributed by atoms with van der Waals surface area (Å²) in [7, 11) is 1.61. The fourth-order valence-corrected chi connectivity index (χ4v) is 4.61. The van der Waals surface area contributed by atoms with Gasteiger partial charge in [0.25, 0.3) is 5.79 Å². The van der Waals surface area contributed by atoms with Crippen molar-refractivity contribution in [1.82, 2.24) is 0 Å². The van der Waals surface area contributed by atoms with Crippen LogP contribution >= 0.6 is 0 Å². The molecule has 2 aliphatic rings. The Labute approximate surface area is 177 Å². The molecule has 6 heteroatoms. The first kappa shape index (κ1) is 17.9. The van der Waals surface area contributed by atoms with Crippen LogP contribution in [0.1, 0.15) is 29.0 Å². The molecule has 4 aromatic rings. The van der Waals surface area contributed by atoms with Crippen LogP contribution in [0.25, 0.3) is 11.0 Å². The van der Waals surface area contributed by atoms with Crippen LogP contribution in [-0.2, 0) is 5.79 Å². The molecule has 0 radical (unpaired) electrons. The molecule has 3 aromatic carbocycles. The minimum absolute atomic E-state index is 0.0781. The van der Waals surface area contributed by atoms with Crippen molar-refractivity contribution in [2.24, 2.45) is 0 Å². The Kier molecular flexibility index (Phi) is 3.63. The van der Waals surface area contributed by atoms with Gasteiger partial charge in [0.05, 0.1) is 18.1 Å². The highest BCUT2D eigenvalue weighted by atomic mass is 16.7. The third kappa shape index (κ3) is 2.54. The van der Waals surface area contributed by atoms with Gasteiger partial charge in [-0.05, 0) is 42.5 Å². The SMILES string of the molecule is COc1ccc(C23CC(c4ccc(O)cc4O2)c2c(c4ccccc4oc2=O)O3)cc1. The first-order valence-corrected chi connectivity index (χ1v) is 9.99. The molecule has 0 saturated carbocycles. The number of benzene rings is 3. The second-order valence-corrected chi connectivity index (χ2v) is 7.79. The average molecular weight is 414 g/mol. The summed E-state index contributed by atoms with van der Waals surface area (Å²) in [4.78, 5) is 13.0. The van der Waals surface area contributed by atoms with Crippen molar-refractivity contribution < 1.29 is 23.7 Å². The lowest BCUT2D eigenvalue weighted by atomic mass is 9.78. The lowest BCUT2D eigenvalue weighted by Gasteiger charge is -2.46. The van der Waals surface area contributed by atoms with E-state index in [0.717, 1.165) is 11.1 Å². The van der Waals surface area contributed by atoms with E-state index >= 15 is 0 Å². The largest absolute Gasteiger partial charge is 0.508 e. The summed E-state index contributed by atoms with van der Waals surface area (Å²) in [5, 5.41) is 10.8. The molecule has 2 aliphatic heterocycles. The monoisotopic (exact) mass is 414 g/mol. The molecule has 154 valence electrons. The van der Waals surface area contributed by atoms with Crippen LogP contribution in [0.3, 0.4) is 0 Å². The number of aromatic hydroxyl groups is 1. The van der Waals surface area contributed by atoms with Gasteiger partial charge in [-0.15, -0.1) is 0 Å². The van der Waals surface area contributed by atoms with Crippen molar-refractivity contribution in [3.63, 3.8) is 0 Å². The summed E-state index contributed by atoms with van der Waals surface area (Å²) < 4.78 is 23.9. The zero-order valence-electron chi connectivity index (χ0n) is 16.6. The van der Waals surface area contributed by atoms with Crippen molar-refractivity contribution in [3.05, 3.63) is 93.8 Å². The third-order valence-corrected chi connectivity index (χ3v) is 6.06. The zero-order chi connectivity index (χ0) is 21.2. The highest BCUT2D eigenvalue weighted by molar-refractivity contribution is 5.85. The van der Waals surface area contributed by atoms with Crippen molar-refractivity contribution in [1.29, 1.82) is 0 Å². The lowest BCUT2D eigenvalue weighted by molar-refractivity contribution is -0.148. The number of phenolic OH excluding ortho intramolecular Hbond substituents is 1. The number of ether oxygens (including phenoxy) is 3. The second-order valence-electron chi connectivity index (χ2n) is 7.79. The molecule has 2 unspecified atom stereocenters. The number of phenols is 1. The van der Waals surface area contributed by atoms with Crippen LogP contribution in [0.4, 0.5) is 0 Å². The first-order valence-electron chi connectivity index (χ1n) is 9.99. The van der Waals surface area contributed by atoms with Gasteiger partial charge in [0.2, 0.25) is 0 Å². The summed E-state index contributed by atoms with van der Waals surface area (Å²) in [5.41, 5.74) is 2.10. The van der Waals surface area contributed by atoms with Crippen molar-refractivity contribution in [2.75, 3.05) is 7.11 Å². The topological polar surface area (TPSA) is 78.1 Å². The molecule has 0 spiro atoms. The van der Waals surface area contributed by atoms with Gasteiger partial charge in [0.15, 0.2) is 0 Å². The van der Waals surface area contributed by atoms with Gasteiger partial charge in [-0.2, -0.15) is 0 Å².